The van der Waals surface area contributed by atoms with Crippen LogP contribution < -0.4 is 4.74 Å². The van der Waals surface area contributed by atoms with Crippen molar-refractivity contribution < 1.29 is 24.5 Å². The lowest BCUT2D eigenvalue weighted by molar-refractivity contribution is -0.111. The number of methoxy groups -OCH3 is 1. The highest BCUT2D eigenvalue weighted by Crippen LogP contribution is 2.40. The first-order valence-electron chi connectivity index (χ1n) is 6.69. The van der Waals surface area contributed by atoms with Crippen LogP contribution in [-0.4, -0.2) is 28.9 Å². The Balaban J connectivity index is 2.05. The second kappa shape index (κ2) is 5.81. The van der Waals surface area contributed by atoms with Gasteiger partial charge < -0.3 is 14.9 Å². The molecule has 0 radical (unpaired) electrons. The maximum Gasteiger partial charge on any atom is 0.244 e. The van der Waals surface area contributed by atoms with Crippen LogP contribution in [0.25, 0.3) is 5.76 Å². The van der Waals surface area contributed by atoms with Gasteiger partial charge in [0.25, 0.3) is 0 Å². The van der Waals surface area contributed by atoms with Gasteiger partial charge in [0, 0.05) is 10.5 Å². The third kappa shape index (κ3) is 2.57. The van der Waals surface area contributed by atoms with Crippen LogP contribution in [0.4, 0.5) is 0 Å². The van der Waals surface area contributed by atoms with Crippen LogP contribution in [0.3, 0.4) is 0 Å². The molecule has 6 heteroatoms. The third-order valence-electron chi connectivity index (χ3n) is 3.43. The number of carbonyl (C=O) groups excluding carboxylic acids is 2. The summed E-state index contributed by atoms with van der Waals surface area (Å²) < 4.78 is 5.06. The van der Waals surface area contributed by atoms with Gasteiger partial charge >= 0.3 is 0 Å². The van der Waals surface area contributed by atoms with Crippen molar-refractivity contribution in [1.29, 1.82) is 0 Å². The Kier molecular flexibility index (Phi) is 3.83. The highest BCUT2D eigenvalue weighted by atomic mass is 32.2. The number of aliphatic hydroxyl groups excluding tert-OH is 1. The van der Waals surface area contributed by atoms with Gasteiger partial charge in [-0.05, 0) is 30.3 Å². The molecular formula is C17H12O5S. The van der Waals surface area contributed by atoms with Gasteiger partial charge in [-0.25, -0.2) is 0 Å². The van der Waals surface area contributed by atoms with Crippen molar-refractivity contribution in [2.45, 2.75) is 4.90 Å². The summed E-state index contributed by atoms with van der Waals surface area (Å²) in [5, 5.41) is 20.1. The fourth-order valence-corrected chi connectivity index (χ4v) is 3.18. The van der Waals surface area contributed by atoms with Crippen molar-refractivity contribution in [1.82, 2.24) is 0 Å². The molecule has 0 amide bonds. The first kappa shape index (κ1) is 15.2. The topological polar surface area (TPSA) is 83.8 Å². The van der Waals surface area contributed by atoms with Crippen LogP contribution in [0.5, 0.6) is 11.5 Å². The van der Waals surface area contributed by atoms with Crippen molar-refractivity contribution in [3.8, 4) is 11.5 Å². The molecule has 0 saturated carbocycles. The number of phenolic OH excluding ortho intramolecular Hbond substituents is 1. The Bertz CT molecular complexity index is 837. The van der Waals surface area contributed by atoms with Crippen LogP contribution in [0.2, 0.25) is 0 Å². The number of Topliss-reactive ketones (excluding diaryl/α,β-unsaturated/α-hetero) is 2. The summed E-state index contributed by atoms with van der Waals surface area (Å²) in [7, 11) is 1.54. The predicted octanol–water partition coefficient (Wildman–Crippen LogP) is 3.19. The molecule has 23 heavy (non-hydrogen) atoms. The first-order valence-corrected chi connectivity index (χ1v) is 7.51. The molecule has 0 aliphatic heterocycles. The quantitative estimate of drug-likeness (QED) is 0.842. The maximum absolute atomic E-state index is 12.3. The standard InChI is InChI=1S/C17H12O5S/c1-22-9-5-7-10(8-6-9)23-17-14(19)11-3-2-4-12(18)13(11)15(20)16(17)21/h2-8,18-19H,1H3. The second-order valence-corrected chi connectivity index (χ2v) is 5.90. The monoisotopic (exact) mass is 328 g/mol. The SMILES string of the molecule is COc1ccc(SC2=C(O)c3cccc(O)c3C(=O)C2=O)cc1. The number of thioether (sulfide) groups is 1. The number of rotatable bonds is 3. The summed E-state index contributed by atoms with van der Waals surface area (Å²) in [6.45, 7) is 0. The van der Waals surface area contributed by atoms with Crippen molar-refractivity contribution in [3.63, 3.8) is 0 Å². The predicted molar refractivity (Wildman–Crippen MR) is 85.8 cm³/mol. The molecule has 2 aromatic carbocycles. The first-order chi connectivity index (χ1) is 11.0. The number of phenols is 1. The molecule has 0 heterocycles. The van der Waals surface area contributed by atoms with Gasteiger partial charge in [0.1, 0.15) is 22.2 Å². The molecule has 116 valence electrons. The molecule has 1 aliphatic carbocycles. The fourth-order valence-electron chi connectivity index (χ4n) is 2.28. The van der Waals surface area contributed by atoms with Gasteiger partial charge in [-0.2, -0.15) is 0 Å². The molecular weight excluding hydrogens is 316 g/mol. The molecule has 0 atom stereocenters. The molecule has 2 aromatic rings. The van der Waals surface area contributed by atoms with Gasteiger partial charge in [0.2, 0.25) is 11.6 Å². The fraction of sp³-hybridized carbons (Fsp3) is 0.0588. The lowest BCUT2D eigenvalue weighted by Gasteiger charge is -2.18. The van der Waals surface area contributed by atoms with E-state index in [1.165, 1.54) is 18.2 Å². The molecule has 0 aromatic heterocycles. The molecule has 1 aliphatic rings. The zero-order chi connectivity index (χ0) is 16.6. The number of carbonyl (C=O) groups is 2. The van der Waals surface area contributed by atoms with Crippen LogP contribution >= 0.6 is 11.8 Å². The van der Waals surface area contributed by atoms with E-state index < -0.39 is 11.6 Å². The number of aliphatic hydroxyl groups is 1. The summed E-state index contributed by atoms with van der Waals surface area (Å²) in [5.74, 6) is -1.62. The maximum atomic E-state index is 12.3. The average molecular weight is 328 g/mol. The highest BCUT2D eigenvalue weighted by Gasteiger charge is 2.35. The largest absolute Gasteiger partial charge is 0.507 e. The lowest BCUT2D eigenvalue weighted by Crippen LogP contribution is -2.22. The second-order valence-electron chi connectivity index (χ2n) is 4.81. The third-order valence-corrected chi connectivity index (χ3v) is 4.52. The zero-order valence-corrected chi connectivity index (χ0v) is 12.9. The Morgan fingerprint density at radius 3 is 2.30 bits per heavy atom. The number of aromatic hydroxyl groups is 1. The Morgan fingerprint density at radius 1 is 0.957 bits per heavy atom. The summed E-state index contributed by atoms with van der Waals surface area (Å²) in [5.41, 5.74) is -0.000285. The summed E-state index contributed by atoms with van der Waals surface area (Å²) in [4.78, 5) is 25.1. The lowest BCUT2D eigenvalue weighted by atomic mass is 9.93. The summed E-state index contributed by atoms with van der Waals surface area (Å²) in [6.07, 6.45) is 0. The van der Waals surface area contributed by atoms with E-state index in [9.17, 15) is 19.8 Å². The van der Waals surface area contributed by atoms with E-state index in [1.54, 1.807) is 31.4 Å². The van der Waals surface area contributed by atoms with Crippen LogP contribution in [0, 0.1) is 0 Å². The van der Waals surface area contributed by atoms with Crippen molar-refractivity contribution in [2.75, 3.05) is 7.11 Å². The average Bonchev–Trinajstić information content (AvgIpc) is 2.57. The molecule has 3 rings (SSSR count). The van der Waals surface area contributed by atoms with Crippen molar-refractivity contribution in [2.24, 2.45) is 0 Å². The summed E-state index contributed by atoms with van der Waals surface area (Å²) >= 11 is 0.995. The summed E-state index contributed by atoms with van der Waals surface area (Å²) in [6, 6.07) is 11.2. The van der Waals surface area contributed by atoms with E-state index in [1.807, 2.05) is 0 Å². The van der Waals surface area contributed by atoms with Crippen LogP contribution in [-0.2, 0) is 4.79 Å². The Labute approximate surface area is 136 Å². The molecule has 0 bridgehead atoms. The molecule has 5 nitrogen and oxygen atoms in total. The number of ether oxygens (including phenoxy) is 1. The van der Waals surface area contributed by atoms with Crippen molar-refractivity contribution >= 4 is 29.1 Å². The van der Waals surface area contributed by atoms with E-state index in [4.69, 9.17) is 4.74 Å². The van der Waals surface area contributed by atoms with Gasteiger partial charge in [-0.3, -0.25) is 9.59 Å². The van der Waals surface area contributed by atoms with E-state index in [-0.39, 0.29) is 27.5 Å². The number of allylic oxidation sites excluding steroid dienone is 1. The van der Waals surface area contributed by atoms with E-state index in [2.05, 4.69) is 0 Å². The molecule has 2 N–H and O–H groups in total. The van der Waals surface area contributed by atoms with Crippen LogP contribution in [0.15, 0.2) is 52.3 Å². The zero-order valence-electron chi connectivity index (χ0n) is 12.1. The number of hydrogen-bond acceptors (Lipinski definition) is 6. The molecule has 0 saturated heterocycles. The minimum absolute atomic E-state index is 0.0572. The van der Waals surface area contributed by atoms with Gasteiger partial charge in [-0.1, -0.05) is 23.9 Å². The normalized spacial score (nSPS) is 14.0. The highest BCUT2D eigenvalue weighted by molar-refractivity contribution is 8.04. The van der Waals surface area contributed by atoms with Crippen LogP contribution in [0.1, 0.15) is 15.9 Å². The number of benzene rings is 2. The van der Waals surface area contributed by atoms with E-state index >= 15 is 0 Å². The number of ketones is 2. The number of fused-ring (bicyclic) bond motifs is 1. The smallest absolute Gasteiger partial charge is 0.244 e. The Hall–Kier alpha value is -2.73. The van der Waals surface area contributed by atoms with Gasteiger partial charge in [0.15, 0.2) is 0 Å². The van der Waals surface area contributed by atoms with E-state index in [0.717, 1.165) is 11.8 Å². The molecule has 0 unspecified atom stereocenters. The van der Waals surface area contributed by atoms with E-state index in [0.29, 0.717) is 10.6 Å². The van der Waals surface area contributed by atoms with Gasteiger partial charge in [0.05, 0.1) is 12.7 Å². The van der Waals surface area contributed by atoms with Crippen molar-refractivity contribution in [3.05, 3.63) is 58.5 Å². The minimum atomic E-state index is -0.836. The molecule has 0 fully saturated rings. The Morgan fingerprint density at radius 2 is 1.65 bits per heavy atom. The minimum Gasteiger partial charge on any atom is -0.507 e. The van der Waals surface area contributed by atoms with Gasteiger partial charge in [-0.15, -0.1) is 0 Å². The number of hydrogen-bond donors (Lipinski definition) is 2. The molecule has 0 spiro atoms.